The Bertz CT molecular complexity index is 271. The van der Waals surface area contributed by atoms with E-state index in [2.05, 4.69) is 9.73 Å². The minimum absolute atomic E-state index is 0.198. The Labute approximate surface area is 85.8 Å². The standard InChI is InChI=1S/C9H13F3N2O/c1-6(13)8-3-2-7(4-14-8)15-5-9(10,11)12/h2-3,6-7H,4-5,13H2,1H3/t6?,7-/m0/s1. The van der Waals surface area contributed by atoms with Gasteiger partial charge in [-0.1, -0.05) is 6.08 Å². The lowest BCUT2D eigenvalue weighted by atomic mass is 10.1. The summed E-state index contributed by atoms with van der Waals surface area (Å²) in [5, 5.41) is 0. The second-order valence-corrected chi connectivity index (χ2v) is 3.38. The summed E-state index contributed by atoms with van der Waals surface area (Å²) in [6.45, 7) is 0.717. The molecule has 3 nitrogen and oxygen atoms in total. The summed E-state index contributed by atoms with van der Waals surface area (Å²) < 4.78 is 40.0. The molecule has 0 radical (unpaired) electrons. The first-order valence-electron chi connectivity index (χ1n) is 4.55. The van der Waals surface area contributed by atoms with Gasteiger partial charge in [-0.2, -0.15) is 13.2 Å². The molecule has 1 aliphatic heterocycles. The van der Waals surface area contributed by atoms with Crippen molar-refractivity contribution >= 4 is 5.71 Å². The van der Waals surface area contributed by atoms with Crippen LogP contribution in [0.1, 0.15) is 6.92 Å². The van der Waals surface area contributed by atoms with Crippen molar-refractivity contribution in [2.75, 3.05) is 13.2 Å². The quantitative estimate of drug-likeness (QED) is 0.782. The number of hydrogen-bond acceptors (Lipinski definition) is 3. The lowest BCUT2D eigenvalue weighted by molar-refractivity contribution is -0.179. The van der Waals surface area contributed by atoms with Crippen molar-refractivity contribution in [3.63, 3.8) is 0 Å². The average Bonchev–Trinajstić information content (AvgIpc) is 2.14. The minimum atomic E-state index is -4.29. The van der Waals surface area contributed by atoms with Crippen LogP contribution in [0, 0.1) is 0 Å². The zero-order chi connectivity index (χ0) is 11.5. The van der Waals surface area contributed by atoms with Gasteiger partial charge in [0, 0.05) is 6.04 Å². The predicted octanol–water partition coefficient (Wildman–Crippen LogP) is 1.29. The van der Waals surface area contributed by atoms with Crippen LogP contribution < -0.4 is 5.73 Å². The van der Waals surface area contributed by atoms with E-state index < -0.39 is 18.9 Å². The molecular formula is C9H13F3N2O. The fourth-order valence-corrected chi connectivity index (χ4v) is 1.12. The second-order valence-electron chi connectivity index (χ2n) is 3.38. The Hall–Kier alpha value is -0.880. The van der Waals surface area contributed by atoms with Crippen LogP contribution in [0.5, 0.6) is 0 Å². The van der Waals surface area contributed by atoms with Crippen LogP contribution in [0.4, 0.5) is 13.2 Å². The van der Waals surface area contributed by atoms with Crippen LogP contribution in [-0.4, -0.2) is 37.2 Å². The van der Waals surface area contributed by atoms with Crippen molar-refractivity contribution in [1.29, 1.82) is 0 Å². The second kappa shape index (κ2) is 4.76. The largest absolute Gasteiger partial charge is 0.411 e. The van der Waals surface area contributed by atoms with Gasteiger partial charge in [0.2, 0.25) is 0 Å². The zero-order valence-electron chi connectivity index (χ0n) is 8.29. The van der Waals surface area contributed by atoms with E-state index >= 15 is 0 Å². The Morgan fingerprint density at radius 3 is 2.73 bits per heavy atom. The number of ether oxygens (including phenoxy) is 1. The van der Waals surface area contributed by atoms with Crippen LogP contribution in [0.25, 0.3) is 0 Å². The Morgan fingerprint density at radius 1 is 1.67 bits per heavy atom. The molecule has 0 aromatic rings. The topological polar surface area (TPSA) is 47.6 Å². The lowest BCUT2D eigenvalue weighted by Gasteiger charge is -2.18. The summed E-state index contributed by atoms with van der Waals surface area (Å²) in [6, 6.07) is -0.204. The average molecular weight is 222 g/mol. The van der Waals surface area contributed by atoms with E-state index in [1.54, 1.807) is 19.1 Å². The van der Waals surface area contributed by atoms with Crippen molar-refractivity contribution < 1.29 is 17.9 Å². The SMILES string of the molecule is CC(N)C1=NC[C@@H](OCC(F)(F)F)C=C1. The molecule has 86 valence electrons. The maximum atomic E-state index is 11.8. The molecular weight excluding hydrogens is 209 g/mol. The first-order chi connectivity index (χ1) is 6.88. The number of rotatable bonds is 3. The van der Waals surface area contributed by atoms with Gasteiger partial charge in [0.15, 0.2) is 0 Å². The molecule has 0 fully saturated rings. The summed E-state index contributed by atoms with van der Waals surface area (Å²) in [6.07, 6.45) is -1.74. The normalized spacial score (nSPS) is 23.8. The molecule has 1 aliphatic rings. The molecule has 0 saturated heterocycles. The minimum Gasteiger partial charge on any atom is -0.363 e. The molecule has 2 N–H and O–H groups in total. The predicted molar refractivity (Wildman–Crippen MR) is 50.9 cm³/mol. The van der Waals surface area contributed by atoms with Gasteiger partial charge >= 0.3 is 6.18 Å². The van der Waals surface area contributed by atoms with Gasteiger partial charge in [-0.25, -0.2) is 0 Å². The van der Waals surface area contributed by atoms with Crippen LogP contribution in [0.2, 0.25) is 0 Å². The fraction of sp³-hybridized carbons (Fsp3) is 0.667. The number of nitrogens with two attached hydrogens (primary N) is 1. The van der Waals surface area contributed by atoms with Gasteiger partial charge in [0.25, 0.3) is 0 Å². The van der Waals surface area contributed by atoms with E-state index in [4.69, 9.17) is 5.73 Å². The molecule has 15 heavy (non-hydrogen) atoms. The number of dihydropyridines is 1. The van der Waals surface area contributed by atoms with E-state index in [0.29, 0.717) is 5.71 Å². The first-order valence-corrected chi connectivity index (χ1v) is 4.55. The highest BCUT2D eigenvalue weighted by Crippen LogP contribution is 2.16. The van der Waals surface area contributed by atoms with E-state index in [1.807, 2.05) is 0 Å². The van der Waals surface area contributed by atoms with Gasteiger partial charge in [-0.15, -0.1) is 0 Å². The smallest absolute Gasteiger partial charge is 0.363 e. The summed E-state index contributed by atoms with van der Waals surface area (Å²) in [7, 11) is 0. The maximum Gasteiger partial charge on any atom is 0.411 e. The van der Waals surface area contributed by atoms with Crippen molar-refractivity contribution in [2.45, 2.75) is 25.2 Å². The molecule has 0 bridgehead atoms. The lowest BCUT2D eigenvalue weighted by Crippen LogP contribution is -2.31. The van der Waals surface area contributed by atoms with Crippen molar-refractivity contribution in [2.24, 2.45) is 10.7 Å². The van der Waals surface area contributed by atoms with E-state index in [9.17, 15) is 13.2 Å². The summed E-state index contributed by atoms with van der Waals surface area (Å²) in [4.78, 5) is 4.02. The molecule has 0 amide bonds. The van der Waals surface area contributed by atoms with Crippen LogP contribution in [0.15, 0.2) is 17.1 Å². The molecule has 1 heterocycles. The Balaban J connectivity index is 2.37. The Morgan fingerprint density at radius 2 is 2.33 bits per heavy atom. The number of alkyl halides is 3. The fourth-order valence-electron chi connectivity index (χ4n) is 1.12. The number of halogens is 3. The molecule has 1 rings (SSSR count). The van der Waals surface area contributed by atoms with E-state index in [1.165, 1.54) is 0 Å². The molecule has 0 aromatic heterocycles. The van der Waals surface area contributed by atoms with Crippen molar-refractivity contribution in [3.8, 4) is 0 Å². The number of aliphatic imine (C=N–C) groups is 1. The summed E-state index contributed by atoms with van der Waals surface area (Å²) in [5.41, 5.74) is 6.24. The number of nitrogens with zero attached hydrogens (tertiary/aromatic N) is 1. The highest BCUT2D eigenvalue weighted by atomic mass is 19.4. The monoisotopic (exact) mass is 222 g/mol. The molecule has 1 unspecified atom stereocenters. The third kappa shape index (κ3) is 4.44. The third-order valence-electron chi connectivity index (χ3n) is 1.86. The van der Waals surface area contributed by atoms with E-state index in [-0.39, 0.29) is 12.6 Å². The summed E-state index contributed by atoms with van der Waals surface area (Å²) in [5.74, 6) is 0. The first kappa shape index (κ1) is 12.2. The highest BCUT2D eigenvalue weighted by Gasteiger charge is 2.29. The van der Waals surface area contributed by atoms with Crippen LogP contribution >= 0.6 is 0 Å². The van der Waals surface area contributed by atoms with Crippen molar-refractivity contribution in [3.05, 3.63) is 12.2 Å². The zero-order valence-corrected chi connectivity index (χ0v) is 8.29. The van der Waals surface area contributed by atoms with Gasteiger partial charge < -0.3 is 10.5 Å². The van der Waals surface area contributed by atoms with Gasteiger partial charge in [0.1, 0.15) is 6.61 Å². The number of hydrogen-bond donors (Lipinski definition) is 1. The van der Waals surface area contributed by atoms with Gasteiger partial charge in [0.05, 0.1) is 18.4 Å². The van der Waals surface area contributed by atoms with Crippen molar-refractivity contribution in [1.82, 2.24) is 0 Å². The van der Waals surface area contributed by atoms with E-state index in [0.717, 1.165) is 0 Å². The molecule has 0 aliphatic carbocycles. The molecule has 2 atom stereocenters. The third-order valence-corrected chi connectivity index (χ3v) is 1.86. The summed E-state index contributed by atoms with van der Waals surface area (Å²) >= 11 is 0. The molecule has 0 spiro atoms. The molecule has 0 aromatic carbocycles. The van der Waals surface area contributed by atoms with Gasteiger partial charge in [-0.3, -0.25) is 4.99 Å². The Kier molecular flexibility index (Phi) is 3.87. The maximum absolute atomic E-state index is 11.8. The van der Waals surface area contributed by atoms with Gasteiger partial charge in [-0.05, 0) is 13.0 Å². The highest BCUT2D eigenvalue weighted by molar-refractivity contribution is 5.99. The van der Waals surface area contributed by atoms with Crippen LogP contribution in [0.3, 0.4) is 0 Å². The van der Waals surface area contributed by atoms with Crippen LogP contribution in [-0.2, 0) is 4.74 Å². The molecule has 6 heteroatoms. The molecule has 0 saturated carbocycles.